The highest BCUT2D eigenvalue weighted by Gasteiger charge is 2.15. The molecule has 1 aromatic rings. The topological polar surface area (TPSA) is 69.6 Å². The standard InChI is InChI=1S/C13H19NO3/c1-2-3-4-12(13(16)17)14-9-10-5-7-11(15)8-6-10/h5-8,12,14-15H,2-4,9H2,1H3,(H,16,17). The van der Waals surface area contributed by atoms with Crippen LogP contribution in [0.3, 0.4) is 0 Å². The number of nitrogens with one attached hydrogen (secondary N) is 1. The minimum atomic E-state index is -0.808. The van der Waals surface area contributed by atoms with Crippen LogP contribution in [0.5, 0.6) is 5.75 Å². The van der Waals surface area contributed by atoms with Crippen LogP contribution in [0.15, 0.2) is 24.3 Å². The van der Waals surface area contributed by atoms with Crippen LogP contribution < -0.4 is 5.32 Å². The van der Waals surface area contributed by atoms with Crippen LogP contribution in [-0.4, -0.2) is 22.2 Å². The minimum absolute atomic E-state index is 0.217. The predicted octanol–water partition coefficient (Wildman–Crippen LogP) is 2.13. The molecule has 1 rings (SSSR count). The summed E-state index contributed by atoms with van der Waals surface area (Å²) in [5, 5.41) is 21.2. The number of hydrogen-bond donors (Lipinski definition) is 3. The Labute approximate surface area is 101 Å². The number of rotatable bonds is 7. The largest absolute Gasteiger partial charge is 0.508 e. The van der Waals surface area contributed by atoms with E-state index < -0.39 is 12.0 Å². The predicted molar refractivity (Wildman–Crippen MR) is 65.9 cm³/mol. The van der Waals surface area contributed by atoms with Gasteiger partial charge in [0.15, 0.2) is 0 Å². The van der Waals surface area contributed by atoms with Crippen molar-refractivity contribution in [1.82, 2.24) is 5.32 Å². The van der Waals surface area contributed by atoms with E-state index in [1.54, 1.807) is 24.3 Å². The van der Waals surface area contributed by atoms with E-state index in [9.17, 15) is 4.79 Å². The molecule has 0 aliphatic heterocycles. The third-order valence-corrected chi connectivity index (χ3v) is 2.63. The van der Waals surface area contributed by atoms with E-state index >= 15 is 0 Å². The lowest BCUT2D eigenvalue weighted by Gasteiger charge is -2.13. The zero-order valence-electron chi connectivity index (χ0n) is 10.0. The lowest BCUT2D eigenvalue weighted by molar-refractivity contribution is -0.139. The van der Waals surface area contributed by atoms with Crippen molar-refractivity contribution in [2.24, 2.45) is 0 Å². The summed E-state index contributed by atoms with van der Waals surface area (Å²) in [7, 11) is 0. The molecule has 0 radical (unpaired) electrons. The Hall–Kier alpha value is -1.55. The van der Waals surface area contributed by atoms with E-state index in [0.29, 0.717) is 13.0 Å². The maximum absolute atomic E-state index is 11.0. The Bertz CT molecular complexity index is 348. The highest BCUT2D eigenvalue weighted by atomic mass is 16.4. The number of hydrogen-bond acceptors (Lipinski definition) is 3. The van der Waals surface area contributed by atoms with Crippen LogP contribution in [-0.2, 0) is 11.3 Å². The lowest BCUT2D eigenvalue weighted by Crippen LogP contribution is -2.36. The number of unbranched alkanes of at least 4 members (excludes halogenated alkanes) is 1. The van der Waals surface area contributed by atoms with Crippen molar-refractivity contribution in [2.45, 2.75) is 38.8 Å². The molecule has 17 heavy (non-hydrogen) atoms. The smallest absolute Gasteiger partial charge is 0.320 e. The van der Waals surface area contributed by atoms with Crippen LogP contribution in [0.4, 0.5) is 0 Å². The van der Waals surface area contributed by atoms with Gasteiger partial charge in [0.05, 0.1) is 0 Å². The summed E-state index contributed by atoms with van der Waals surface area (Å²) >= 11 is 0. The second kappa shape index (κ2) is 6.91. The van der Waals surface area contributed by atoms with Gasteiger partial charge in [0.1, 0.15) is 11.8 Å². The van der Waals surface area contributed by atoms with Gasteiger partial charge in [-0.05, 0) is 24.1 Å². The number of carboxylic acids is 1. The molecule has 0 saturated heterocycles. The summed E-state index contributed by atoms with van der Waals surface area (Å²) in [6.07, 6.45) is 2.54. The van der Waals surface area contributed by atoms with Gasteiger partial charge in [-0.1, -0.05) is 31.9 Å². The van der Waals surface area contributed by atoms with Gasteiger partial charge in [-0.15, -0.1) is 0 Å². The number of carbonyl (C=O) groups is 1. The summed E-state index contributed by atoms with van der Waals surface area (Å²) in [6, 6.07) is 6.25. The molecule has 1 atom stereocenters. The van der Waals surface area contributed by atoms with E-state index in [1.165, 1.54) is 0 Å². The van der Waals surface area contributed by atoms with E-state index in [0.717, 1.165) is 18.4 Å². The monoisotopic (exact) mass is 237 g/mol. The molecule has 94 valence electrons. The van der Waals surface area contributed by atoms with Gasteiger partial charge in [-0.25, -0.2) is 0 Å². The molecule has 4 nitrogen and oxygen atoms in total. The molecule has 0 amide bonds. The second-order valence-corrected chi connectivity index (χ2v) is 4.08. The first-order chi connectivity index (χ1) is 8.13. The minimum Gasteiger partial charge on any atom is -0.508 e. The van der Waals surface area contributed by atoms with Crippen molar-refractivity contribution in [3.63, 3.8) is 0 Å². The fourth-order valence-electron chi connectivity index (χ4n) is 1.58. The molecule has 0 fully saturated rings. The summed E-state index contributed by atoms with van der Waals surface area (Å²) < 4.78 is 0. The van der Waals surface area contributed by atoms with E-state index in [1.807, 2.05) is 6.92 Å². The Balaban J connectivity index is 2.45. The molecular weight excluding hydrogens is 218 g/mol. The normalized spacial score (nSPS) is 12.3. The average molecular weight is 237 g/mol. The number of benzene rings is 1. The summed E-state index contributed by atoms with van der Waals surface area (Å²) in [5.41, 5.74) is 0.963. The van der Waals surface area contributed by atoms with E-state index in [2.05, 4.69) is 5.32 Å². The average Bonchev–Trinajstić information content (AvgIpc) is 2.31. The van der Waals surface area contributed by atoms with Crippen LogP contribution in [0.25, 0.3) is 0 Å². The number of phenolic OH excluding ortho intramolecular Hbond substituents is 1. The molecule has 0 heterocycles. The van der Waals surface area contributed by atoms with Crippen molar-refractivity contribution in [3.8, 4) is 5.75 Å². The first-order valence-corrected chi connectivity index (χ1v) is 5.87. The number of carboxylic acid groups (broad SMARTS) is 1. The first kappa shape index (κ1) is 13.5. The molecule has 0 bridgehead atoms. The zero-order chi connectivity index (χ0) is 12.7. The van der Waals surface area contributed by atoms with Crippen LogP contribution in [0.1, 0.15) is 31.7 Å². The molecule has 0 aliphatic rings. The van der Waals surface area contributed by atoms with Crippen molar-refractivity contribution in [1.29, 1.82) is 0 Å². The van der Waals surface area contributed by atoms with Crippen molar-refractivity contribution in [3.05, 3.63) is 29.8 Å². The van der Waals surface area contributed by atoms with Gasteiger partial charge < -0.3 is 15.5 Å². The van der Waals surface area contributed by atoms with Crippen LogP contribution in [0, 0.1) is 0 Å². The quantitative estimate of drug-likeness (QED) is 0.679. The third kappa shape index (κ3) is 4.87. The van der Waals surface area contributed by atoms with E-state index in [4.69, 9.17) is 10.2 Å². The van der Waals surface area contributed by atoms with Gasteiger partial charge in [0.25, 0.3) is 0 Å². The van der Waals surface area contributed by atoms with Crippen molar-refractivity contribution < 1.29 is 15.0 Å². The van der Waals surface area contributed by atoms with Crippen LogP contribution >= 0.6 is 0 Å². The molecule has 0 spiro atoms. The molecule has 0 saturated carbocycles. The molecule has 1 unspecified atom stereocenters. The number of aromatic hydroxyl groups is 1. The van der Waals surface area contributed by atoms with Gasteiger partial charge in [0.2, 0.25) is 0 Å². The Morgan fingerprint density at radius 3 is 2.53 bits per heavy atom. The Morgan fingerprint density at radius 2 is 2.00 bits per heavy atom. The SMILES string of the molecule is CCCCC(NCc1ccc(O)cc1)C(=O)O. The lowest BCUT2D eigenvalue weighted by atomic mass is 10.1. The van der Waals surface area contributed by atoms with Crippen molar-refractivity contribution in [2.75, 3.05) is 0 Å². The Morgan fingerprint density at radius 1 is 1.35 bits per heavy atom. The highest BCUT2D eigenvalue weighted by molar-refractivity contribution is 5.73. The number of phenols is 1. The summed E-state index contributed by atoms with van der Waals surface area (Å²) in [6.45, 7) is 2.54. The van der Waals surface area contributed by atoms with Gasteiger partial charge in [-0.3, -0.25) is 4.79 Å². The fraction of sp³-hybridized carbons (Fsp3) is 0.462. The third-order valence-electron chi connectivity index (χ3n) is 2.63. The maximum Gasteiger partial charge on any atom is 0.320 e. The molecule has 1 aromatic carbocycles. The maximum atomic E-state index is 11.0. The van der Waals surface area contributed by atoms with E-state index in [-0.39, 0.29) is 5.75 Å². The van der Waals surface area contributed by atoms with Gasteiger partial charge in [0, 0.05) is 6.54 Å². The van der Waals surface area contributed by atoms with Gasteiger partial charge >= 0.3 is 5.97 Å². The molecule has 4 heteroatoms. The summed E-state index contributed by atoms with van der Waals surface area (Å²) in [5.74, 6) is -0.591. The van der Waals surface area contributed by atoms with Crippen LogP contribution in [0.2, 0.25) is 0 Å². The molecular formula is C13H19NO3. The summed E-state index contributed by atoms with van der Waals surface area (Å²) in [4.78, 5) is 11.0. The first-order valence-electron chi connectivity index (χ1n) is 5.87. The van der Waals surface area contributed by atoms with Gasteiger partial charge in [-0.2, -0.15) is 0 Å². The molecule has 3 N–H and O–H groups in total. The zero-order valence-corrected chi connectivity index (χ0v) is 10.0. The molecule has 0 aromatic heterocycles. The van der Waals surface area contributed by atoms with Crippen molar-refractivity contribution >= 4 is 5.97 Å². The Kier molecular flexibility index (Phi) is 5.49. The fourth-order valence-corrected chi connectivity index (χ4v) is 1.58. The number of aliphatic carboxylic acids is 1. The highest BCUT2D eigenvalue weighted by Crippen LogP contribution is 2.10. The second-order valence-electron chi connectivity index (χ2n) is 4.08. The molecule has 0 aliphatic carbocycles.